The number of hydrogen-bond donors (Lipinski definition) is 2. The fourth-order valence-corrected chi connectivity index (χ4v) is 1.59. The smallest absolute Gasteiger partial charge is 0.254 e. The first kappa shape index (κ1) is 13.8. The molecule has 1 amide bonds. The quantitative estimate of drug-likeness (QED) is 0.642. The second-order valence-electron chi connectivity index (χ2n) is 4.03. The van der Waals surface area contributed by atoms with Gasteiger partial charge in [0, 0.05) is 18.0 Å². The molecule has 0 saturated carbocycles. The molecule has 0 fully saturated rings. The van der Waals surface area contributed by atoms with E-state index >= 15 is 0 Å². The van der Waals surface area contributed by atoms with Crippen molar-refractivity contribution in [2.75, 3.05) is 18.9 Å². The summed E-state index contributed by atoms with van der Waals surface area (Å²) < 4.78 is 18.7. The first-order chi connectivity index (χ1) is 9.66. The zero-order chi connectivity index (χ0) is 14.4. The number of nitrogen functional groups attached to an aromatic ring is 1. The minimum absolute atomic E-state index is 0.0380. The van der Waals surface area contributed by atoms with Crippen molar-refractivity contribution in [3.63, 3.8) is 0 Å². The van der Waals surface area contributed by atoms with Crippen LogP contribution in [0.1, 0.15) is 10.4 Å². The van der Waals surface area contributed by atoms with Crippen molar-refractivity contribution in [2.45, 2.75) is 0 Å². The minimum Gasteiger partial charge on any atom is -0.492 e. The van der Waals surface area contributed by atoms with Gasteiger partial charge < -0.3 is 15.8 Å². The van der Waals surface area contributed by atoms with Crippen molar-refractivity contribution < 1.29 is 13.9 Å². The lowest BCUT2D eigenvalue weighted by atomic mass is 10.2. The maximum atomic E-state index is 13.3. The van der Waals surface area contributed by atoms with Crippen LogP contribution in [0.3, 0.4) is 0 Å². The highest BCUT2D eigenvalue weighted by molar-refractivity contribution is 5.94. The van der Waals surface area contributed by atoms with E-state index in [0.717, 1.165) is 6.20 Å². The molecule has 1 aromatic carbocycles. The Kier molecular flexibility index (Phi) is 4.49. The van der Waals surface area contributed by atoms with Crippen LogP contribution in [0.25, 0.3) is 0 Å². The Morgan fingerprint density at radius 2 is 2.25 bits per heavy atom. The number of rotatable bonds is 5. The van der Waals surface area contributed by atoms with Crippen molar-refractivity contribution >= 4 is 11.6 Å². The largest absolute Gasteiger partial charge is 0.492 e. The van der Waals surface area contributed by atoms with Crippen LogP contribution < -0.4 is 15.8 Å². The van der Waals surface area contributed by atoms with Crippen LogP contribution in [0, 0.1) is 5.82 Å². The third-order valence-corrected chi connectivity index (χ3v) is 2.53. The number of anilines is 1. The third kappa shape index (κ3) is 3.68. The molecular weight excluding hydrogens is 261 g/mol. The molecule has 0 unspecified atom stereocenters. The van der Waals surface area contributed by atoms with Crippen LogP contribution >= 0.6 is 0 Å². The number of nitrogens with two attached hydrogens (primary N) is 1. The molecule has 2 aromatic rings. The molecule has 0 radical (unpaired) electrons. The Bertz CT molecular complexity index is 604. The number of benzene rings is 1. The van der Waals surface area contributed by atoms with Crippen molar-refractivity contribution in [3.8, 4) is 5.75 Å². The van der Waals surface area contributed by atoms with Gasteiger partial charge in [0.2, 0.25) is 0 Å². The number of carbonyl (C=O) groups excluding carboxylic acids is 1. The molecule has 20 heavy (non-hydrogen) atoms. The molecule has 0 aliphatic heterocycles. The Morgan fingerprint density at radius 1 is 1.40 bits per heavy atom. The average Bonchev–Trinajstić information content (AvgIpc) is 2.44. The number of hydrogen-bond acceptors (Lipinski definition) is 4. The Balaban J connectivity index is 1.79. The first-order valence-electron chi connectivity index (χ1n) is 6.03. The molecule has 0 aliphatic carbocycles. The number of ether oxygens (including phenoxy) is 1. The Morgan fingerprint density at radius 3 is 3.00 bits per heavy atom. The minimum atomic E-state index is -0.651. The maximum absolute atomic E-state index is 13.3. The standard InChI is InChI=1S/C14H14FN3O2/c15-13-9-17-5-4-12(13)14(19)18-6-7-20-11-3-1-2-10(16)8-11/h1-5,8-9H,6-7,16H2,(H,18,19). The molecule has 5 nitrogen and oxygen atoms in total. The van der Waals surface area contributed by atoms with Crippen molar-refractivity contribution in [3.05, 3.63) is 54.1 Å². The number of carbonyl (C=O) groups is 1. The molecule has 0 bridgehead atoms. The molecule has 104 valence electrons. The number of nitrogens with one attached hydrogen (secondary N) is 1. The lowest BCUT2D eigenvalue weighted by Crippen LogP contribution is -2.28. The summed E-state index contributed by atoms with van der Waals surface area (Å²) in [6, 6.07) is 8.30. The number of amides is 1. The summed E-state index contributed by atoms with van der Waals surface area (Å²) in [4.78, 5) is 15.3. The lowest BCUT2D eigenvalue weighted by molar-refractivity contribution is 0.0943. The van der Waals surface area contributed by atoms with Crippen LogP contribution in [-0.4, -0.2) is 24.0 Å². The molecule has 1 heterocycles. The van der Waals surface area contributed by atoms with E-state index in [1.807, 2.05) is 0 Å². The van der Waals surface area contributed by atoms with E-state index in [1.54, 1.807) is 24.3 Å². The summed E-state index contributed by atoms with van der Waals surface area (Å²) in [7, 11) is 0. The van der Waals surface area contributed by atoms with Crippen LogP contribution in [0.5, 0.6) is 5.75 Å². The third-order valence-electron chi connectivity index (χ3n) is 2.53. The first-order valence-corrected chi connectivity index (χ1v) is 6.03. The van der Waals surface area contributed by atoms with Crippen LogP contribution in [-0.2, 0) is 0 Å². The van der Waals surface area contributed by atoms with Gasteiger partial charge in [0.25, 0.3) is 5.91 Å². The maximum Gasteiger partial charge on any atom is 0.254 e. The highest BCUT2D eigenvalue weighted by Gasteiger charge is 2.10. The highest BCUT2D eigenvalue weighted by Crippen LogP contribution is 2.13. The van der Waals surface area contributed by atoms with E-state index in [4.69, 9.17) is 10.5 Å². The normalized spacial score (nSPS) is 10.1. The molecule has 0 saturated heterocycles. The van der Waals surface area contributed by atoms with E-state index in [9.17, 15) is 9.18 Å². The number of aromatic nitrogens is 1. The number of halogens is 1. The average molecular weight is 275 g/mol. The molecule has 1 aromatic heterocycles. The van der Waals surface area contributed by atoms with Gasteiger partial charge in [-0.1, -0.05) is 6.07 Å². The van der Waals surface area contributed by atoms with Gasteiger partial charge >= 0.3 is 0 Å². The summed E-state index contributed by atoms with van der Waals surface area (Å²) in [5.41, 5.74) is 6.17. The summed E-state index contributed by atoms with van der Waals surface area (Å²) in [5.74, 6) is -0.530. The van der Waals surface area contributed by atoms with Gasteiger partial charge in [-0.15, -0.1) is 0 Å². The van der Waals surface area contributed by atoms with E-state index in [2.05, 4.69) is 10.3 Å². The number of nitrogens with zero attached hydrogens (tertiary/aromatic N) is 1. The predicted molar refractivity (Wildman–Crippen MR) is 72.9 cm³/mol. The molecular formula is C14H14FN3O2. The Hall–Kier alpha value is -2.63. The molecule has 3 N–H and O–H groups in total. The van der Waals surface area contributed by atoms with Gasteiger partial charge in [-0.05, 0) is 18.2 Å². The molecule has 0 aliphatic rings. The molecule has 6 heteroatoms. The van der Waals surface area contributed by atoms with Crippen LogP contribution in [0.15, 0.2) is 42.7 Å². The van der Waals surface area contributed by atoms with Gasteiger partial charge in [-0.2, -0.15) is 0 Å². The van der Waals surface area contributed by atoms with E-state index < -0.39 is 11.7 Å². The summed E-state index contributed by atoms with van der Waals surface area (Å²) in [5, 5.41) is 2.56. The van der Waals surface area contributed by atoms with Crippen LogP contribution in [0.4, 0.5) is 10.1 Å². The second-order valence-corrected chi connectivity index (χ2v) is 4.03. The van der Waals surface area contributed by atoms with E-state index in [0.29, 0.717) is 11.4 Å². The summed E-state index contributed by atoms with van der Waals surface area (Å²) in [6.45, 7) is 0.525. The van der Waals surface area contributed by atoms with Gasteiger partial charge in [0.15, 0.2) is 5.82 Å². The second kappa shape index (κ2) is 6.51. The van der Waals surface area contributed by atoms with E-state index in [-0.39, 0.29) is 18.7 Å². The SMILES string of the molecule is Nc1cccc(OCCNC(=O)c2ccncc2F)c1. The molecule has 0 spiro atoms. The van der Waals surface area contributed by atoms with Crippen LogP contribution in [0.2, 0.25) is 0 Å². The number of pyridine rings is 1. The zero-order valence-electron chi connectivity index (χ0n) is 10.7. The summed E-state index contributed by atoms with van der Waals surface area (Å²) >= 11 is 0. The Labute approximate surface area is 115 Å². The van der Waals surface area contributed by atoms with Gasteiger partial charge in [0.1, 0.15) is 12.4 Å². The van der Waals surface area contributed by atoms with Crippen molar-refractivity contribution in [2.24, 2.45) is 0 Å². The summed E-state index contributed by atoms with van der Waals surface area (Å²) in [6.07, 6.45) is 2.36. The highest BCUT2D eigenvalue weighted by atomic mass is 19.1. The van der Waals surface area contributed by atoms with E-state index in [1.165, 1.54) is 12.3 Å². The fraction of sp³-hybridized carbons (Fsp3) is 0.143. The molecule has 2 rings (SSSR count). The van der Waals surface area contributed by atoms with Crippen molar-refractivity contribution in [1.82, 2.24) is 10.3 Å². The fourth-order valence-electron chi connectivity index (χ4n) is 1.59. The van der Waals surface area contributed by atoms with Gasteiger partial charge in [-0.25, -0.2) is 4.39 Å². The zero-order valence-corrected chi connectivity index (χ0v) is 10.7. The predicted octanol–water partition coefficient (Wildman–Crippen LogP) is 1.61. The monoisotopic (exact) mass is 275 g/mol. The van der Waals surface area contributed by atoms with Crippen molar-refractivity contribution in [1.29, 1.82) is 0 Å². The lowest BCUT2D eigenvalue weighted by Gasteiger charge is -2.08. The van der Waals surface area contributed by atoms with Gasteiger partial charge in [-0.3, -0.25) is 9.78 Å². The topological polar surface area (TPSA) is 77.2 Å². The van der Waals surface area contributed by atoms with Gasteiger partial charge in [0.05, 0.1) is 18.3 Å². The molecule has 0 atom stereocenters.